The summed E-state index contributed by atoms with van der Waals surface area (Å²) in [5, 5.41) is 3.03. The van der Waals surface area contributed by atoms with Crippen LogP contribution >= 0.6 is 0 Å². The second-order valence-electron chi connectivity index (χ2n) is 7.07. The van der Waals surface area contributed by atoms with Gasteiger partial charge in [0.2, 0.25) is 5.91 Å². The third kappa shape index (κ3) is 3.11. The minimum Gasteiger partial charge on any atom is -0.355 e. The van der Waals surface area contributed by atoms with Gasteiger partial charge in [-0.05, 0) is 49.8 Å². The topological polar surface area (TPSA) is 61.0 Å². The molecule has 1 saturated heterocycles. The predicted molar refractivity (Wildman–Crippen MR) is 90.2 cm³/mol. The number of imidazole rings is 1. The number of carbonyl (C=O) groups excluding carboxylic acids is 1. The van der Waals surface area contributed by atoms with Gasteiger partial charge < -0.3 is 10.3 Å². The van der Waals surface area contributed by atoms with E-state index in [9.17, 15) is 4.79 Å². The Morgan fingerprint density at radius 1 is 1.43 bits per heavy atom. The van der Waals surface area contributed by atoms with Crippen molar-refractivity contribution < 1.29 is 4.79 Å². The molecular weight excluding hydrogens is 288 g/mol. The van der Waals surface area contributed by atoms with Crippen molar-refractivity contribution >= 4 is 16.9 Å². The Labute approximate surface area is 136 Å². The Balaban J connectivity index is 1.26. The maximum Gasteiger partial charge on any atom is 0.234 e. The summed E-state index contributed by atoms with van der Waals surface area (Å²) in [5.41, 5.74) is 3.28. The number of rotatable bonds is 5. The van der Waals surface area contributed by atoms with Crippen molar-refractivity contribution in [1.29, 1.82) is 0 Å². The number of fused-ring (bicyclic) bond motifs is 3. The summed E-state index contributed by atoms with van der Waals surface area (Å²) in [6.07, 6.45) is 4.67. The molecule has 2 atom stereocenters. The van der Waals surface area contributed by atoms with Crippen molar-refractivity contribution in [3.63, 3.8) is 0 Å². The van der Waals surface area contributed by atoms with Crippen molar-refractivity contribution in [2.45, 2.75) is 38.6 Å². The molecule has 5 heteroatoms. The van der Waals surface area contributed by atoms with Gasteiger partial charge in [0, 0.05) is 25.6 Å². The summed E-state index contributed by atoms with van der Waals surface area (Å²) in [6, 6.07) is 6.86. The average Bonchev–Trinajstić information content (AvgIpc) is 3.21. The highest BCUT2D eigenvalue weighted by Crippen LogP contribution is 2.36. The van der Waals surface area contributed by atoms with Gasteiger partial charge in [0.25, 0.3) is 0 Å². The fraction of sp³-hybridized carbons (Fsp3) is 0.556. The summed E-state index contributed by atoms with van der Waals surface area (Å²) in [7, 11) is 0. The first-order valence-electron chi connectivity index (χ1n) is 8.63. The molecule has 2 aliphatic rings. The maximum absolute atomic E-state index is 12.1. The van der Waals surface area contributed by atoms with Crippen LogP contribution in [0.25, 0.3) is 11.0 Å². The van der Waals surface area contributed by atoms with Gasteiger partial charge in [0.15, 0.2) is 0 Å². The third-order valence-corrected chi connectivity index (χ3v) is 5.24. The van der Waals surface area contributed by atoms with Crippen LogP contribution in [0.2, 0.25) is 0 Å². The summed E-state index contributed by atoms with van der Waals surface area (Å²) in [6.45, 7) is 4.38. The Morgan fingerprint density at radius 2 is 2.35 bits per heavy atom. The van der Waals surface area contributed by atoms with Gasteiger partial charge in [-0.3, -0.25) is 9.69 Å². The molecule has 1 aliphatic carbocycles. The fourth-order valence-electron chi connectivity index (χ4n) is 4.08. The molecule has 1 aromatic carbocycles. The molecule has 2 N–H and O–H groups in total. The van der Waals surface area contributed by atoms with Crippen LogP contribution < -0.4 is 5.32 Å². The number of hydrogen-bond donors (Lipinski definition) is 2. The predicted octanol–water partition coefficient (Wildman–Crippen LogP) is 2.01. The Kier molecular flexibility index (Phi) is 3.81. The number of piperidine rings is 1. The van der Waals surface area contributed by atoms with Crippen molar-refractivity contribution in [2.75, 3.05) is 19.6 Å². The lowest BCUT2D eigenvalue weighted by Gasteiger charge is -2.25. The van der Waals surface area contributed by atoms with Crippen LogP contribution in [-0.2, 0) is 11.2 Å². The van der Waals surface area contributed by atoms with E-state index in [4.69, 9.17) is 0 Å². The van der Waals surface area contributed by atoms with E-state index < -0.39 is 0 Å². The highest BCUT2D eigenvalue weighted by Gasteiger charge is 2.38. The number of likely N-dealkylation sites (tertiary alicyclic amines) is 1. The second-order valence-corrected chi connectivity index (χ2v) is 7.07. The Bertz CT molecular complexity index is 723. The van der Waals surface area contributed by atoms with Crippen molar-refractivity contribution in [2.24, 2.45) is 5.92 Å². The summed E-state index contributed by atoms with van der Waals surface area (Å²) >= 11 is 0. The zero-order valence-corrected chi connectivity index (χ0v) is 13.6. The number of aromatic amines is 1. The van der Waals surface area contributed by atoms with Crippen LogP contribution in [0.3, 0.4) is 0 Å². The van der Waals surface area contributed by atoms with E-state index >= 15 is 0 Å². The van der Waals surface area contributed by atoms with Gasteiger partial charge in [-0.1, -0.05) is 6.07 Å². The number of nitrogens with one attached hydrogen (secondary N) is 2. The highest BCUT2D eigenvalue weighted by atomic mass is 16.2. The number of aromatic nitrogens is 2. The molecular formula is C18H24N4O. The molecule has 0 spiro atoms. The van der Waals surface area contributed by atoms with Crippen molar-refractivity contribution in [3.8, 4) is 0 Å². The molecule has 0 radical (unpaired) electrons. The van der Waals surface area contributed by atoms with E-state index in [1.807, 2.05) is 6.07 Å². The molecule has 2 bridgehead atoms. The first kappa shape index (κ1) is 14.7. The summed E-state index contributed by atoms with van der Waals surface area (Å²) < 4.78 is 0. The van der Waals surface area contributed by atoms with Crippen LogP contribution in [0.15, 0.2) is 18.2 Å². The zero-order valence-electron chi connectivity index (χ0n) is 13.6. The molecule has 2 heterocycles. The first-order chi connectivity index (χ1) is 11.2. The van der Waals surface area contributed by atoms with Crippen molar-refractivity contribution in [3.05, 3.63) is 29.6 Å². The minimum absolute atomic E-state index is 0.143. The van der Waals surface area contributed by atoms with Gasteiger partial charge >= 0.3 is 0 Å². The van der Waals surface area contributed by atoms with E-state index in [1.165, 1.54) is 24.8 Å². The van der Waals surface area contributed by atoms with E-state index in [0.717, 1.165) is 35.7 Å². The second kappa shape index (κ2) is 5.96. The molecule has 122 valence electrons. The number of H-pyrrole nitrogens is 1. The van der Waals surface area contributed by atoms with E-state index in [-0.39, 0.29) is 5.91 Å². The minimum atomic E-state index is 0.143. The lowest BCUT2D eigenvalue weighted by molar-refractivity contribution is -0.122. The van der Waals surface area contributed by atoms with Crippen LogP contribution in [0.5, 0.6) is 0 Å². The van der Waals surface area contributed by atoms with Crippen LogP contribution in [0.4, 0.5) is 0 Å². The molecule has 2 fully saturated rings. The molecule has 5 nitrogen and oxygen atoms in total. The molecule has 2 aromatic rings. The molecule has 4 rings (SSSR count). The maximum atomic E-state index is 12.1. The van der Waals surface area contributed by atoms with Gasteiger partial charge in [-0.2, -0.15) is 0 Å². The summed E-state index contributed by atoms with van der Waals surface area (Å²) in [4.78, 5) is 22.4. The highest BCUT2D eigenvalue weighted by molar-refractivity contribution is 5.78. The monoisotopic (exact) mass is 312 g/mol. The number of amides is 1. The number of benzene rings is 1. The normalized spacial score (nSPS) is 23.7. The number of hydrogen-bond acceptors (Lipinski definition) is 3. The van der Waals surface area contributed by atoms with Gasteiger partial charge in [0.05, 0.1) is 17.6 Å². The first-order valence-corrected chi connectivity index (χ1v) is 8.63. The van der Waals surface area contributed by atoms with Gasteiger partial charge in [-0.15, -0.1) is 0 Å². The van der Waals surface area contributed by atoms with Crippen molar-refractivity contribution in [1.82, 2.24) is 20.2 Å². The van der Waals surface area contributed by atoms with Gasteiger partial charge in [-0.25, -0.2) is 4.98 Å². The van der Waals surface area contributed by atoms with E-state index in [1.54, 1.807) is 0 Å². The lowest BCUT2D eigenvalue weighted by atomic mass is 10.1. The van der Waals surface area contributed by atoms with Crippen LogP contribution in [0, 0.1) is 12.8 Å². The largest absolute Gasteiger partial charge is 0.355 e. The van der Waals surface area contributed by atoms with E-state index in [0.29, 0.717) is 19.1 Å². The third-order valence-electron chi connectivity index (χ3n) is 5.24. The smallest absolute Gasteiger partial charge is 0.234 e. The van der Waals surface area contributed by atoms with Gasteiger partial charge in [0.1, 0.15) is 5.82 Å². The molecule has 23 heavy (non-hydrogen) atoms. The fourth-order valence-corrected chi connectivity index (χ4v) is 4.08. The number of carbonyl (C=O) groups is 1. The zero-order chi connectivity index (χ0) is 15.8. The quantitative estimate of drug-likeness (QED) is 0.888. The molecule has 1 amide bonds. The SMILES string of the molecule is Cc1ccc2nc(CCNC(=O)CN3C[C@H]4CC[C@@H]3C4)[nH]c2c1. The Hall–Kier alpha value is -1.88. The standard InChI is InChI=1S/C18H24N4O/c1-12-2-5-15-16(8-12)21-17(20-15)6-7-19-18(23)11-22-10-13-3-4-14(22)9-13/h2,5,8,13-14H,3-4,6-7,9-11H2,1H3,(H,19,23)(H,20,21)/t13-,14+/m0/s1. The number of nitrogens with zero attached hydrogens (tertiary/aromatic N) is 2. The summed E-state index contributed by atoms with van der Waals surface area (Å²) in [5.74, 6) is 1.92. The Morgan fingerprint density at radius 3 is 3.13 bits per heavy atom. The van der Waals surface area contributed by atoms with Crippen LogP contribution in [0.1, 0.15) is 30.7 Å². The molecule has 0 unspecified atom stereocenters. The lowest BCUT2D eigenvalue weighted by Crippen LogP contribution is -2.41. The van der Waals surface area contributed by atoms with Crippen LogP contribution in [-0.4, -0.2) is 46.5 Å². The van der Waals surface area contributed by atoms with E-state index in [2.05, 4.69) is 39.2 Å². The average molecular weight is 312 g/mol. The molecule has 1 aromatic heterocycles. The molecule has 1 aliphatic heterocycles. The molecule has 1 saturated carbocycles. The number of aryl methyl sites for hydroxylation is 1.